The molecule has 2 aliphatic heterocycles. The van der Waals surface area contributed by atoms with Crippen LogP contribution in [0.3, 0.4) is 0 Å². The molecule has 0 radical (unpaired) electrons. The van der Waals surface area contributed by atoms with Crippen molar-refractivity contribution in [1.82, 2.24) is 4.90 Å². The van der Waals surface area contributed by atoms with E-state index in [-0.39, 0.29) is 5.91 Å². The summed E-state index contributed by atoms with van der Waals surface area (Å²) in [4.78, 5) is 13.5. The molecule has 1 atom stereocenters. The van der Waals surface area contributed by atoms with Crippen LogP contribution in [0.2, 0.25) is 0 Å². The number of carbonyl (C=O) groups is 1. The molecule has 2 fully saturated rings. The quantitative estimate of drug-likeness (QED) is 0.728. The summed E-state index contributed by atoms with van der Waals surface area (Å²) in [6.45, 7) is 5.39. The van der Waals surface area contributed by atoms with Crippen molar-refractivity contribution in [2.45, 2.75) is 51.4 Å². The van der Waals surface area contributed by atoms with E-state index in [9.17, 15) is 4.79 Å². The molecule has 0 aromatic carbocycles. The van der Waals surface area contributed by atoms with Crippen LogP contribution >= 0.6 is 0 Å². The molecule has 0 aromatic rings. The highest BCUT2D eigenvalue weighted by Crippen LogP contribution is 2.22. The molecule has 116 valence electrons. The first-order chi connectivity index (χ1) is 9.74. The van der Waals surface area contributed by atoms with Crippen molar-refractivity contribution in [3.05, 3.63) is 0 Å². The summed E-state index contributed by atoms with van der Waals surface area (Å²) in [7, 11) is 0. The Balaban J connectivity index is 1.55. The van der Waals surface area contributed by atoms with E-state index < -0.39 is 0 Å². The first-order valence-electron chi connectivity index (χ1n) is 8.32. The third-order valence-corrected chi connectivity index (χ3v) is 4.77. The van der Waals surface area contributed by atoms with Crippen molar-refractivity contribution in [3.8, 4) is 0 Å². The molecule has 1 amide bonds. The van der Waals surface area contributed by atoms with E-state index in [1.165, 1.54) is 58.0 Å². The number of carbonyl (C=O) groups excluding carboxylic acids is 1. The van der Waals surface area contributed by atoms with Crippen LogP contribution in [-0.4, -0.2) is 43.7 Å². The van der Waals surface area contributed by atoms with Gasteiger partial charge in [-0.15, -0.1) is 0 Å². The number of likely N-dealkylation sites (tertiary alicyclic amines) is 1. The Morgan fingerprint density at radius 1 is 1.15 bits per heavy atom. The van der Waals surface area contributed by atoms with Crippen LogP contribution in [0, 0.1) is 11.8 Å². The van der Waals surface area contributed by atoms with E-state index in [0.29, 0.717) is 12.3 Å². The van der Waals surface area contributed by atoms with Gasteiger partial charge in [-0.3, -0.25) is 4.79 Å². The number of hydrogen-bond acceptors (Lipinski definition) is 3. The fraction of sp³-hybridized carbons (Fsp3) is 0.938. The zero-order chi connectivity index (χ0) is 14.2. The maximum absolute atomic E-state index is 11.0. The molecular formula is C16H30N2O2. The highest BCUT2D eigenvalue weighted by atomic mass is 16.5. The monoisotopic (exact) mass is 282 g/mol. The van der Waals surface area contributed by atoms with Gasteiger partial charge in [-0.25, -0.2) is 0 Å². The van der Waals surface area contributed by atoms with E-state index in [1.807, 2.05) is 0 Å². The van der Waals surface area contributed by atoms with Gasteiger partial charge in [-0.1, -0.05) is 12.8 Å². The number of ether oxygens (including phenoxy) is 1. The molecule has 2 saturated heterocycles. The smallest absolute Gasteiger partial charge is 0.217 e. The summed E-state index contributed by atoms with van der Waals surface area (Å²) in [5.41, 5.74) is 5.31. The minimum Gasteiger partial charge on any atom is -0.381 e. The predicted octanol–water partition coefficient (Wildman–Crippen LogP) is 2.17. The highest BCUT2D eigenvalue weighted by molar-refractivity contribution is 5.74. The van der Waals surface area contributed by atoms with Crippen molar-refractivity contribution < 1.29 is 9.53 Å². The molecule has 4 heteroatoms. The Morgan fingerprint density at radius 2 is 1.95 bits per heavy atom. The summed E-state index contributed by atoms with van der Waals surface area (Å²) in [5.74, 6) is 1.25. The lowest BCUT2D eigenvalue weighted by Gasteiger charge is -2.32. The third-order valence-electron chi connectivity index (χ3n) is 4.77. The van der Waals surface area contributed by atoms with Crippen molar-refractivity contribution in [2.24, 2.45) is 17.6 Å². The fourth-order valence-electron chi connectivity index (χ4n) is 3.61. The second-order valence-corrected chi connectivity index (χ2v) is 6.53. The second-order valence-electron chi connectivity index (χ2n) is 6.53. The minimum absolute atomic E-state index is 0.142. The lowest BCUT2D eigenvalue weighted by molar-refractivity contribution is -0.119. The van der Waals surface area contributed by atoms with Crippen LogP contribution in [0.15, 0.2) is 0 Å². The lowest BCUT2D eigenvalue weighted by atomic mass is 9.93. The van der Waals surface area contributed by atoms with Gasteiger partial charge in [0.1, 0.15) is 0 Å². The number of nitrogens with zero attached hydrogens (tertiary/aromatic N) is 1. The van der Waals surface area contributed by atoms with Crippen LogP contribution in [0.25, 0.3) is 0 Å². The Morgan fingerprint density at radius 3 is 2.70 bits per heavy atom. The number of piperidine rings is 1. The number of primary amides is 1. The Kier molecular flexibility index (Phi) is 6.80. The molecule has 0 unspecified atom stereocenters. The van der Waals surface area contributed by atoms with Crippen LogP contribution in [0.5, 0.6) is 0 Å². The first kappa shape index (κ1) is 15.8. The molecule has 2 heterocycles. The van der Waals surface area contributed by atoms with Gasteiger partial charge in [0.25, 0.3) is 0 Å². The Labute approximate surface area is 123 Å². The molecule has 2 N–H and O–H groups in total. The maximum Gasteiger partial charge on any atom is 0.217 e. The van der Waals surface area contributed by atoms with Gasteiger partial charge in [-0.05, 0) is 57.0 Å². The zero-order valence-corrected chi connectivity index (χ0v) is 12.7. The standard InChI is InChI=1S/C16H30N2O2/c17-16(19)12-15-5-3-9-18(13-15)8-2-1-4-14-6-10-20-11-7-14/h14-15H,1-13H2,(H2,17,19)/t15-/m0/s1. The van der Waals surface area contributed by atoms with Crippen molar-refractivity contribution in [1.29, 1.82) is 0 Å². The fourth-order valence-corrected chi connectivity index (χ4v) is 3.61. The first-order valence-corrected chi connectivity index (χ1v) is 8.32. The van der Waals surface area contributed by atoms with Crippen LogP contribution < -0.4 is 5.73 Å². The number of rotatable bonds is 7. The number of nitrogens with two attached hydrogens (primary N) is 1. The zero-order valence-electron chi connectivity index (χ0n) is 12.7. The molecule has 4 nitrogen and oxygen atoms in total. The number of hydrogen-bond donors (Lipinski definition) is 1. The van der Waals surface area contributed by atoms with Gasteiger partial charge in [0.05, 0.1) is 0 Å². The SMILES string of the molecule is NC(=O)C[C@@H]1CCCN(CCCCC2CCOCC2)C1. The van der Waals surface area contributed by atoms with E-state index in [2.05, 4.69) is 4.90 Å². The molecule has 20 heavy (non-hydrogen) atoms. The Hall–Kier alpha value is -0.610. The largest absolute Gasteiger partial charge is 0.381 e. The van der Waals surface area contributed by atoms with Gasteiger partial charge in [0, 0.05) is 26.2 Å². The molecule has 0 bridgehead atoms. The Bertz CT molecular complexity index is 290. The van der Waals surface area contributed by atoms with Crippen molar-refractivity contribution >= 4 is 5.91 Å². The molecule has 2 aliphatic rings. The lowest BCUT2D eigenvalue weighted by Crippen LogP contribution is -2.37. The molecular weight excluding hydrogens is 252 g/mol. The average molecular weight is 282 g/mol. The van der Waals surface area contributed by atoms with Crippen molar-refractivity contribution in [3.63, 3.8) is 0 Å². The van der Waals surface area contributed by atoms with Gasteiger partial charge >= 0.3 is 0 Å². The molecule has 2 rings (SSSR count). The molecule has 0 aliphatic carbocycles. The molecule has 0 aromatic heterocycles. The van der Waals surface area contributed by atoms with E-state index in [4.69, 9.17) is 10.5 Å². The van der Waals surface area contributed by atoms with E-state index in [0.717, 1.165) is 25.7 Å². The van der Waals surface area contributed by atoms with Crippen LogP contribution in [-0.2, 0) is 9.53 Å². The second kappa shape index (κ2) is 8.63. The van der Waals surface area contributed by atoms with Gasteiger partial charge in [-0.2, -0.15) is 0 Å². The predicted molar refractivity (Wildman–Crippen MR) is 80.4 cm³/mol. The van der Waals surface area contributed by atoms with Crippen LogP contribution in [0.4, 0.5) is 0 Å². The summed E-state index contributed by atoms with van der Waals surface area (Å²) >= 11 is 0. The normalized spacial score (nSPS) is 25.7. The van der Waals surface area contributed by atoms with Gasteiger partial charge < -0.3 is 15.4 Å². The van der Waals surface area contributed by atoms with E-state index in [1.54, 1.807) is 0 Å². The summed E-state index contributed by atoms with van der Waals surface area (Å²) < 4.78 is 5.40. The van der Waals surface area contributed by atoms with Crippen molar-refractivity contribution in [2.75, 3.05) is 32.8 Å². The number of amides is 1. The molecule has 0 saturated carbocycles. The van der Waals surface area contributed by atoms with Crippen LogP contribution in [0.1, 0.15) is 51.4 Å². The maximum atomic E-state index is 11.0. The van der Waals surface area contributed by atoms with Gasteiger partial charge in [0.2, 0.25) is 5.91 Å². The van der Waals surface area contributed by atoms with E-state index >= 15 is 0 Å². The average Bonchev–Trinajstić information content (AvgIpc) is 2.44. The molecule has 0 spiro atoms. The summed E-state index contributed by atoms with van der Waals surface area (Å²) in [6.07, 6.45) is 9.46. The topological polar surface area (TPSA) is 55.6 Å². The highest BCUT2D eigenvalue weighted by Gasteiger charge is 2.21. The summed E-state index contributed by atoms with van der Waals surface area (Å²) in [5, 5.41) is 0. The summed E-state index contributed by atoms with van der Waals surface area (Å²) in [6, 6.07) is 0. The minimum atomic E-state index is -0.142. The number of unbranched alkanes of at least 4 members (excludes halogenated alkanes) is 1. The third kappa shape index (κ3) is 5.80. The van der Waals surface area contributed by atoms with Gasteiger partial charge in [0.15, 0.2) is 0 Å².